The molecular formula is C18H29N5O. The summed E-state index contributed by atoms with van der Waals surface area (Å²) in [5, 5.41) is 6.48. The molecule has 3 heterocycles. The van der Waals surface area contributed by atoms with Crippen LogP contribution in [0.5, 0.6) is 0 Å². The normalized spacial score (nSPS) is 21.1. The van der Waals surface area contributed by atoms with Gasteiger partial charge in [-0.15, -0.1) is 0 Å². The van der Waals surface area contributed by atoms with Crippen molar-refractivity contribution in [3.05, 3.63) is 28.6 Å². The molecule has 0 bridgehead atoms. The lowest BCUT2D eigenvalue weighted by atomic mass is 9.96. The number of carbonyl (C=O) groups is 1. The minimum absolute atomic E-state index is 0.111. The first-order chi connectivity index (χ1) is 11.5. The highest BCUT2D eigenvalue weighted by molar-refractivity contribution is 5.78. The molecule has 0 unspecified atom stereocenters. The van der Waals surface area contributed by atoms with Crippen LogP contribution in [0.2, 0.25) is 0 Å². The summed E-state index contributed by atoms with van der Waals surface area (Å²) in [4.78, 5) is 21.3. The lowest BCUT2D eigenvalue weighted by Gasteiger charge is -2.22. The molecular weight excluding hydrogens is 302 g/mol. The molecule has 6 nitrogen and oxygen atoms in total. The van der Waals surface area contributed by atoms with Crippen LogP contribution in [0.25, 0.3) is 0 Å². The van der Waals surface area contributed by atoms with E-state index in [0.29, 0.717) is 19.1 Å². The Morgan fingerprint density at radius 2 is 2.33 bits per heavy atom. The van der Waals surface area contributed by atoms with E-state index in [2.05, 4.69) is 39.5 Å². The second-order valence-electron chi connectivity index (χ2n) is 7.17. The first-order valence-corrected chi connectivity index (χ1v) is 8.87. The van der Waals surface area contributed by atoms with Gasteiger partial charge >= 0.3 is 0 Å². The van der Waals surface area contributed by atoms with Crippen molar-refractivity contribution < 1.29 is 4.79 Å². The van der Waals surface area contributed by atoms with E-state index in [1.807, 2.05) is 13.1 Å². The molecule has 2 aliphatic rings. The number of aryl methyl sites for hydroxylation is 1. The maximum absolute atomic E-state index is 12.3. The molecule has 0 radical (unpaired) electrons. The van der Waals surface area contributed by atoms with Crippen molar-refractivity contribution in [2.45, 2.75) is 38.9 Å². The zero-order valence-electron chi connectivity index (χ0n) is 15.1. The summed E-state index contributed by atoms with van der Waals surface area (Å²) in [5.41, 5.74) is 4.87. The Balaban J connectivity index is 1.55. The molecule has 2 N–H and O–H groups in total. The van der Waals surface area contributed by atoms with Gasteiger partial charge in [0, 0.05) is 44.1 Å². The number of hydrogen-bond donors (Lipinski definition) is 2. The lowest BCUT2D eigenvalue weighted by Crippen LogP contribution is -2.38. The topological polar surface area (TPSA) is 60.5 Å². The molecule has 0 spiro atoms. The fourth-order valence-corrected chi connectivity index (χ4v) is 3.70. The monoisotopic (exact) mass is 331 g/mol. The van der Waals surface area contributed by atoms with Gasteiger partial charge in [0.2, 0.25) is 5.91 Å². The zero-order chi connectivity index (χ0) is 17.1. The molecule has 1 aromatic rings. The van der Waals surface area contributed by atoms with Gasteiger partial charge in [0.15, 0.2) is 0 Å². The minimum Gasteiger partial charge on any atom is -0.351 e. The molecule has 2 aliphatic heterocycles. The van der Waals surface area contributed by atoms with Crippen LogP contribution in [0.15, 0.2) is 6.20 Å². The number of likely N-dealkylation sites (tertiary alicyclic amines) is 1. The second-order valence-corrected chi connectivity index (χ2v) is 7.17. The third kappa shape index (κ3) is 3.94. The highest BCUT2D eigenvalue weighted by atomic mass is 16.2. The van der Waals surface area contributed by atoms with E-state index < -0.39 is 0 Å². The van der Waals surface area contributed by atoms with Crippen molar-refractivity contribution in [1.82, 2.24) is 25.4 Å². The van der Waals surface area contributed by atoms with Gasteiger partial charge in [0.1, 0.15) is 0 Å². The Bertz CT molecular complexity index is 601. The van der Waals surface area contributed by atoms with Crippen LogP contribution in [0, 0.1) is 6.92 Å². The van der Waals surface area contributed by atoms with Crippen LogP contribution in [0.3, 0.4) is 0 Å². The fourth-order valence-electron chi connectivity index (χ4n) is 3.70. The summed E-state index contributed by atoms with van der Waals surface area (Å²) in [6, 6.07) is 0.567. The van der Waals surface area contributed by atoms with Crippen molar-refractivity contribution in [2.75, 3.05) is 40.3 Å². The fraction of sp³-hybridized carbons (Fsp3) is 0.667. The molecule has 0 aromatic carbocycles. The van der Waals surface area contributed by atoms with Crippen LogP contribution in [0.1, 0.15) is 28.8 Å². The largest absolute Gasteiger partial charge is 0.351 e. The van der Waals surface area contributed by atoms with Gasteiger partial charge < -0.3 is 15.5 Å². The van der Waals surface area contributed by atoms with Crippen molar-refractivity contribution in [1.29, 1.82) is 0 Å². The number of nitrogens with one attached hydrogen (secondary N) is 2. The molecule has 1 amide bonds. The SMILES string of the molecule is Cc1ncc2c(c1CNC(=O)CN1CC[C@H](N(C)C)C1)CCNC2. The van der Waals surface area contributed by atoms with Crippen LogP contribution in [0.4, 0.5) is 0 Å². The molecule has 1 fully saturated rings. The minimum atomic E-state index is 0.111. The molecule has 1 saturated heterocycles. The number of rotatable bonds is 5. The predicted octanol–water partition coefficient (Wildman–Crippen LogP) is 0.288. The van der Waals surface area contributed by atoms with Gasteiger partial charge in [-0.25, -0.2) is 0 Å². The summed E-state index contributed by atoms with van der Waals surface area (Å²) in [5.74, 6) is 0.111. The van der Waals surface area contributed by atoms with Gasteiger partial charge in [0.05, 0.1) is 6.54 Å². The average molecular weight is 331 g/mol. The van der Waals surface area contributed by atoms with Crippen molar-refractivity contribution in [2.24, 2.45) is 0 Å². The molecule has 1 aromatic heterocycles. The standard InChI is InChI=1S/C18H29N5O/c1-13-17(16-4-6-19-8-14(16)9-20-13)10-21-18(24)12-23-7-5-15(11-23)22(2)3/h9,15,19H,4-8,10-12H2,1-3H3,(H,21,24)/t15-/m0/s1. The number of carbonyl (C=O) groups excluding carboxylic acids is 1. The Kier molecular flexibility index (Phi) is 5.48. The first kappa shape index (κ1) is 17.3. The third-order valence-electron chi connectivity index (χ3n) is 5.28. The number of hydrogen-bond acceptors (Lipinski definition) is 5. The highest BCUT2D eigenvalue weighted by Crippen LogP contribution is 2.20. The number of fused-ring (bicyclic) bond motifs is 1. The molecule has 0 aliphatic carbocycles. The van der Waals surface area contributed by atoms with Crippen LogP contribution in [-0.2, 0) is 24.3 Å². The summed E-state index contributed by atoms with van der Waals surface area (Å²) in [6.45, 7) is 6.97. The van der Waals surface area contributed by atoms with Crippen LogP contribution >= 0.6 is 0 Å². The van der Waals surface area contributed by atoms with Gasteiger partial charge in [-0.1, -0.05) is 0 Å². The summed E-state index contributed by atoms with van der Waals surface area (Å²) < 4.78 is 0. The van der Waals surface area contributed by atoms with Crippen LogP contribution < -0.4 is 10.6 Å². The second kappa shape index (κ2) is 7.59. The Hall–Kier alpha value is -1.50. The van der Waals surface area contributed by atoms with Crippen molar-refractivity contribution in [3.63, 3.8) is 0 Å². The lowest BCUT2D eigenvalue weighted by molar-refractivity contribution is -0.122. The summed E-state index contributed by atoms with van der Waals surface area (Å²) in [7, 11) is 4.22. The quantitative estimate of drug-likeness (QED) is 0.812. The van der Waals surface area contributed by atoms with Gasteiger partial charge in [-0.2, -0.15) is 0 Å². The number of amides is 1. The average Bonchev–Trinajstić information content (AvgIpc) is 3.02. The van der Waals surface area contributed by atoms with E-state index in [4.69, 9.17) is 0 Å². The number of likely N-dealkylation sites (N-methyl/N-ethyl adjacent to an activating group) is 1. The summed E-state index contributed by atoms with van der Waals surface area (Å²) in [6.07, 6.45) is 4.12. The van der Waals surface area contributed by atoms with Crippen LogP contribution in [-0.4, -0.2) is 67.0 Å². The van der Waals surface area contributed by atoms with E-state index in [0.717, 1.165) is 44.7 Å². The highest BCUT2D eigenvalue weighted by Gasteiger charge is 2.25. The molecule has 1 atom stereocenters. The molecule has 0 saturated carbocycles. The van der Waals surface area contributed by atoms with E-state index in [-0.39, 0.29) is 5.91 Å². The predicted molar refractivity (Wildman–Crippen MR) is 94.8 cm³/mol. The van der Waals surface area contributed by atoms with Gasteiger partial charge in [0.25, 0.3) is 0 Å². The number of pyridine rings is 1. The first-order valence-electron chi connectivity index (χ1n) is 8.87. The number of aromatic nitrogens is 1. The van der Waals surface area contributed by atoms with E-state index in [9.17, 15) is 4.79 Å². The maximum Gasteiger partial charge on any atom is 0.234 e. The van der Waals surface area contributed by atoms with E-state index >= 15 is 0 Å². The smallest absolute Gasteiger partial charge is 0.234 e. The maximum atomic E-state index is 12.3. The molecule has 3 rings (SSSR count). The van der Waals surface area contributed by atoms with Gasteiger partial charge in [-0.05, 0) is 57.1 Å². The van der Waals surface area contributed by atoms with E-state index in [1.165, 1.54) is 16.7 Å². The van der Waals surface area contributed by atoms with E-state index in [1.54, 1.807) is 0 Å². The van der Waals surface area contributed by atoms with Gasteiger partial charge in [-0.3, -0.25) is 14.7 Å². The molecule has 24 heavy (non-hydrogen) atoms. The Morgan fingerprint density at radius 3 is 3.08 bits per heavy atom. The zero-order valence-corrected chi connectivity index (χ0v) is 15.1. The van der Waals surface area contributed by atoms with Crippen molar-refractivity contribution in [3.8, 4) is 0 Å². The Labute approximate surface area is 144 Å². The molecule has 6 heteroatoms. The van der Waals surface area contributed by atoms with Crippen molar-refractivity contribution >= 4 is 5.91 Å². The third-order valence-corrected chi connectivity index (χ3v) is 5.28. The Morgan fingerprint density at radius 1 is 1.50 bits per heavy atom. The summed E-state index contributed by atoms with van der Waals surface area (Å²) >= 11 is 0. The number of nitrogens with zero attached hydrogens (tertiary/aromatic N) is 3. The molecule has 132 valence electrons.